The van der Waals surface area contributed by atoms with Gasteiger partial charge in [0.25, 0.3) is 0 Å². The maximum atomic E-state index is 11.4. The van der Waals surface area contributed by atoms with E-state index in [1.807, 2.05) is 6.92 Å². The molecule has 76 valence electrons. The van der Waals surface area contributed by atoms with Crippen LogP contribution in [0.15, 0.2) is 11.4 Å². The SMILES string of the molecule is CCOC(=O)N1CCc2ccsc2C1. The summed E-state index contributed by atoms with van der Waals surface area (Å²) in [5.41, 5.74) is 1.38. The van der Waals surface area contributed by atoms with Crippen molar-refractivity contribution in [2.45, 2.75) is 19.9 Å². The Morgan fingerprint density at radius 3 is 3.36 bits per heavy atom. The largest absolute Gasteiger partial charge is 0.450 e. The van der Waals surface area contributed by atoms with Gasteiger partial charge in [-0.1, -0.05) is 0 Å². The normalized spacial score (nSPS) is 15.1. The lowest BCUT2D eigenvalue weighted by molar-refractivity contribution is 0.103. The number of fused-ring (bicyclic) bond motifs is 1. The van der Waals surface area contributed by atoms with E-state index in [-0.39, 0.29) is 6.09 Å². The molecule has 0 fully saturated rings. The fourth-order valence-corrected chi connectivity index (χ4v) is 2.56. The molecule has 3 nitrogen and oxygen atoms in total. The lowest BCUT2D eigenvalue weighted by atomic mass is 10.1. The van der Waals surface area contributed by atoms with Crippen molar-refractivity contribution >= 4 is 17.4 Å². The molecular weight excluding hydrogens is 198 g/mol. The first-order valence-electron chi connectivity index (χ1n) is 4.78. The Labute approximate surface area is 87.3 Å². The first-order valence-corrected chi connectivity index (χ1v) is 5.66. The van der Waals surface area contributed by atoms with E-state index in [1.165, 1.54) is 10.4 Å². The van der Waals surface area contributed by atoms with E-state index in [1.54, 1.807) is 16.2 Å². The topological polar surface area (TPSA) is 29.5 Å². The predicted molar refractivity (Wildman–Crippen MR) is 55.5 cm³/mol. The van der Waals surface area contributed by atoms with Crippen LogP contribution in [0, 0.1) is 0 Å². The Morgan fingerprint density at radius 2 is 2.57 bits per heavy atom. The fourth-order valence-electron chi connectivity index (χ4n) is 1.61. The van der Waals surface area contributed by atoms with E-state index < -0.39 is 0 Å². The molecule has 0 spiro atoms. The standard InChI is InChI=1S/C10H13NO2S/c1-2-13-10(12)11-5-3-8-4-6-14-9(8)7-11/h4,6H,2-3,5,7H2,1H3. The molecule has 0 radical (unpaired) electrons. The quantitative estimate of drug-likeness (QED) is 0.713. The zero-order valence-corrected chi connectivity index (χ0v) is 8.97. The average molecular weight is 211 g/mol. The summed E-state index contributed by atoms with van der Waals surface area (Å²) in [7, 11) is 0. The van der Waals surface area contributed by atoms with Gasteiger partial charge in [0, 0.05) is 11.4 Å². The molecule has 4 heteroatoms. The number of hydrogen-bond acceptors (Lipinski definition) is 3. The summed E-state index contributed by atoms with van der Waals surface area (Å²) in [6.45, 7) is 3.78. The van der Waals surface area contributed by atoms with Gasteiger partial charge in [0.1, 0.15) is 0 Å². The molecule has 14 heavy (non-hydrogen) atoms. The molecule has 0 bridgehead atoms. The second kappa shape index (κ2) is 4.00. The first-order chi connectivity index (χ1) is 6.81. The van der Waals surface area contributed by atoms with Crippen LogP contribution in [0.3, 0.4) is 0 Å². The Bertz CT molecular complexity index is 335. The summed E-state index contributed by atoms with van der Waals surface area (Å²) in [6, 6.07) is 2.14. The maximum absolute atomic E-state index is 11.4. The van der Waals surface area contributed by atoms with Gasteiger partial charge in [-0.05, 0) is 30.4 Å². The average Bonchev–Trinajstić information content (AvgIpc) is 2.64. The molecule has 0 aromatic carbocycles. The Morgan fingerprint density at radius 1 is 1.71 bits per heavy atom. The van der Waals surface area contributed by atoms with Gasteiger partial charge in [0.05, 0.1) is 13.2 Å². The molecule has 0 atom stereocenters. The maximum Gasteiger partial charge on any atom is 0.410 e. The van der Waals surface area contributed by atoms with Crippen molar-refractivity contribution in [1.29, 1.82) is 0 Å². The van der Waals surface area contributed by atoms with E-state index in [2.05, 4.69) is 11.4 Å². The van der Waals surface area contributed by atoms with Gasteiger partial charge in [-0.25, -0.2) is 4.79 Å². The van der Waals surface area contributed by atoms with Crippen molar-refractivity contribution in [2.75, 3.05) is 13.2 Å². The van der Waals surface area contributed by atoms with Crippen LogP contribution < -0.4 is 0 Å². The summed E-state index contributed by atoms with van der Waals surface area (Å²) in [4.78, 5) is 14.5. The van der Waals surface area contributed by atoms with Gasteiger partial charge >= 0.3 is 6.09 Å². The third-order valence-electron chi connectivity index (χ3n) is 2.35. The minimum atomic E-state index is -0.188. The summed E-state index contributed by atoms with van der Waals surface area (Å²) >= 11 is 1.72. The van der Waals surface area contributed by atoms with Crippen molar-refractivity contribution in [1.82, 2.24) is 4.90 Å². The summed E-state index contributed by atoms with van der Waals surface area (Å²) in [5, 5.41) is 2.08. The molecule has 0 unspecified atom stereocenters. The van der Waals surface area contributed by atoms with Crippen LogP contribution in [0.4, 0.5) is 4.79 Å². The number of thiophene rings is 1. The molecule has 2 rings (SSSR count). The third kappa shape index (κ3) is 1.75. The van der Waals surface area contributed by atoms with Crippen LogP contribution in [0.25, 0.3) is 0 Å². The highest BCUT2D eigenvalue weighted by molar-refractivity contribution is 7.10. The molecule has 0 N–H and O–H groups in total. The molecule has 1 aliphatic heterocycles. The van der Waals surface area contributed by atoms with E-state index >= 15 is 0 Å². The summed E-state index contributed by atoms with van der Waals surface area (Å²) < 4.78 is 4.96. The molecule has 0 aliphatic carbocycles. The van der Waals surface area contributed by atoms with E-state index in [0.717, 1.165) is 13.0 Å². The Kier molecular flexibility index (Phi) is 2.72. The zero-order chi connectivity index (χ0) is 9.97. The van der Waals surface area contributed by atoms with Crippen molar-refractivity contribution in [3.8, 4) is 0 Å². The highest BCUT2D eigenvalue weighted by Gasteiger charge is 2.21. The molecule has 1 aromatic rings. The van der Waals surface area contributed by atoms with E-state index in [0.29, 0.717) is 13.2 Å². The van der Waals surface area contributed by atoms with Gasteiger partial charge in [-0.3, -0.25) is 0 Å². The smallest absolute Gasteiger partial charge is 0.410 e. The minimum absolute atomic E-state index is 0.188. The van der Waals surface area contributed by atoms with E-state index in [9.17, 15) is 4.79 Å². The number of amides is 1. The highest BCUT2D eigenvalue weighted by atomic mass is 32.1. The number of ether oxygens (including phenoxy) is 1. The van der Waals surface area contributed by atoms with Gasteiger partial charge in [-0.15, -0.1) is 11.3 Å². The molecule has 2 heterocycles. The fraction of sp³-hybridized carbons (Fsp3) is 0.500. The number of carbonyl (C=O) groups excluding carboxylic acids is 1. The van der Waals surface area contributed by atoms with Crippen LogP contribution in [-0.2, 0) is 17.7 Å². The van der Waals surface area contributed by atoms with Crippen LogP contribution in [0.1, 0.15) is 17.4 Å². The van der Waals surface area contributed by atoms with Gasteiger partial charge in [0.2, 0.25) is 0 Å². The number of hydrogen-bond donors (Lipinski definition) is 0. The lowest BCUT2D eigenvalue weighted by Crippen LogP contribution is -2.35. The Hall–Kier alpha value is -1.03. The summed E-state index contributed by atoms with van der Waals surface area (Å²) in [5.74, 6) is 0. The second-order valence-corrected chi connectivity index (χ2v) is 4.24. The predicted octanol–water partition coefficient (Wildman–Crippen LogP) is 2.26. The van der Waals surface area contributed by atoms with Crippen molar-refractivity contribution < 1.29 is 9.53 Å². The number of rotatable bonds is 1. The summed E-state index contributed by atoms with van der Waals surface area (Å²) in [6.07, 6.45) is 0.768. The zero-order valence-electron chi connectivity index (χ0n) is 8.16. The lowest BCUT2D eigenvalue weighted by Gasteiger charge is -2.25. The Balaban J connectivity index is 2.04. The van der Waals surface area contributed by atoms with E-state index in [4.69, 9.17) is 4.74 Å². The van der Waals surface area contributed by atoms with Crippen LogP contribution >= 0.6 is 11.3 Å². The molecule has 0 saturated heterocycles. The number of nitrogens with zero attached hydrogens (tertiary/aromatic N) is 1. The third-order valence-corrected chi connectivity index (χ3v) is 3.30. The van der Waals surface area contributed by atoms with Gasteiger partial charge in [-0.2, -0.15) is 0 Å². The molecule has 1 amide bonds. The molecular formula is C10H13NO2S. The molecule has 0 saturated carbocycles. The van der Waals surface area contributed by atoms with Crippen LogP contribution in [-0.4, -0.2) is 24.1 Å². The van der Waals surface area contributed by atoms with Crippen LogP contribution in [0.2, 0.25) is 0 Å². The number of carbonyl (C=O) groups is 1. The first kappa shape index (κ1) is 9.52. The molecule has 1 aromatic heterocycles. The van der Waals surface area contributed by atoms with Gasteiger partial charge in [0.15, 0.2) is 0 Å². The van der Waals surface area contributed by atoms with Gasteiger partial charge < -0.3 is 9.64 Å². The highest BCUT2D eigenvalue weighted by Crippen LogP contribution is 2.24. The monoisotopic (exact) mass is 211 g/mol. The van der Waals surface area contributed by atoms with Crippen molar-refractivity contribution in [3.05, 3.63) is 21.9 Å². The minimum Gasteiger partial charge on any atom is -0.450 e. The van der Waals surface area contributed by atoms with Crippen molar-refractivity contribution in [3.63, 3.8) is 0 Å². The van der Waals surface area contributed by atoms with Crippen molar-refractivity contribution in [2.24, 2.45) is 0 Å². The second-order valence-electron chi connectivity index (χ2n) is 3.24. The molecule has 1 aliphatic rings. The van der Waals surface area contributed by atoms with Crippen LogP contribution in [0.5, 0.6) is 0 Å².